The molecular weight excluding hydrogens is 220 g/mol. The van der Waals surface area contributed by atoms with E-state index in [1.165, 1.54) is 11.1 Å². The highest BCUT2D eigenvalue weighted by atomic mass is 15.2. The summed E-state index contributed by atoms with van der Waals surface area (Å²) in [6.07, 6.45) is 6.51. The summed E-state index contributed by atoms with van der Waals surface area (Å²) in [6.45, 7) is 15.1. The van der Waals surface area contributed by atoms with Crippen molar-refractivity contribution in [2.45, 2.75) is 65.0 Å². The molecule has 104 valence electrons. The molecule has 18 heavy (non-hydrogen) atoms. The molecule has 2 nitrogen and oxygen atoms in total. The lowest BCUT2D eigenvalue weighted by Gasteiger charge is -2.42. The van der Waals surface area contributed by atoms with Crippen LogP contribution in [0.5, 0.6) is 0 Å². The van der Waals surface area contributed by atoms with Crippen molar-refractivity contribution in [3.8, 4) is 0 Å². The Bertz CT molecular complexity index is 305. The molecule has 0 amide bonds. The van der Waals surface area contributed by atoms with Crippen molar-refractivity contribution in [2.75, 3.05) is 13.1 Å². The minimum atomic E-state index is 0.0775. The lowest BCUT2D eigenvalue weighted by atomic mass is 9.84. The normalized spacial score (nSPS) is 21.4. The van der Waals surface area contributed by atoms with Crippen LogP contribution in [0.2, 0.25) is 0 Å². The molecule has 1 aliphatic rings. The number of piperidine rings is 1. The summed E-state index contributed by atoms with van der Waals surface area (Å²) in [4.78, 5) is 2.59. The first kappa shape index (κ1) is 15.5. The Morgan fingerprint density at radius 3 is 2.22 bits per heavy atom. The van der Waals surface area contributed by atoms with Gasteiger partial charge in [0, 0.05) is 24.7 Å². The Labute approximate surface area is 113 Å². The van der Waals surface area contributed by atoms with Crippen LogP contribution in [0.1, 0.15) is 53.4 Å². The van der Waals surface area contributed by atoms with Gasteiger partial charge in [-0.25, -0.2) is 0 Å². The molecule has 0 aromatic heterocycles. The van der Waals surface area contributed by atoms with Crippen LogP contribution in [0, 0.1) is 0 Å². The molecule has 0 aromatic rings. The van der Waals surface area contributed by atoms with Gasteiger partial charge in [-0.15, -0.1) is 0 Å². The van der Waals surface area contributed by atoms with Gasteiger partial charge in [-0.2, -0.15) is 0 Å². The molecule has 2 heteroatoms. The zero-order valence-electron chi connectivity index (χ0n) is 12.6. The summed E-state index contributed by atoms with van der Waals surface area (Å²) in [5, 5.41) is 0. The number of allylic oxidation sites excluding steroid dienone is 1. The Kier molecular flexibility index (Phi) is 5.61. The minimum Gasteiger partial charge on any atom is -0.325 e. The molecule has 0 saturated carbocycles. The quantitative estimate of drug-likeness (QED) is 0.757. The Morgan fingerprint density at radius 1 is 1.33 bits per heavy atom. The van der Waals surface area contributed by atoms with Crippen LogP contribution in [-0.2, 0) is 0 Å². The highest BCUT2D eigenvalue weighted by Crippen LogP contribution is 2.28. The molecule has 1 rings (SSSR count). The summed E-state index contributed by atoms with van der Waals surface area (Å²) in [5.74, 6) is 0. The molecule has 1 aliphatic heterocycles. The van der Waals surface area contributed by atoms with Crippen molar-refractivity contribution in [1.82, 2.24) is 4.90 Å². The molecule has 1 fully saturated rings. The average Bonchev–Trinajstić information content (AvgIpc) is 2.36. The zero-order valence-corrected chi connectivity index (χ0v) is 12.6. The second kappa shape index (κ2) is 6.53. The molecule has 1 unspecified atom stereocenters. The van der Waals surface area contributed by atoms with E-state index >= 15 is 0 Å². The second-order valence-electron chi connectivity index (χ2n) is 5.84. The summed E-state index contributed by atoms with van der Waals surface area (Å²) >= 11 is 0. The average molecular weight is 250 g/mol. The second-order valence-corrected chi connectivity index (χ2v) is 5.84. The van der Waals surface area contributed by atoms with Crippen LogP contribution < -0.4 is 5.73 Å². The number of rotatable bonds is 5. The molecule has 0 bridgehead atoms. The molecule has 0 aromatic carbocycles. The largest absolute Gasteiger partial charge is 0.325 e. The first-order chi connectivity index (χ1) is 8.47. The van der Waals surface area contributed by atoms with E-state index in [1.54, 1.807) is 0 Å². The van der Waals surface area contributed by atoms with Crippen molar-refractivity contribution < 1.29 is 0 Å². The van der Waals surface area contributed by atoms with Crippen LogP contribution in [0.3, 0.4) is 0 Å². The molecule has 1 heterocycles. The van der Waals surface area contributed by atoms with Crippen molar-refractivity contribution in [3.05, 3.63) is 23.8 Å². The Balaban J connectivity index is 2.75. The molecule has 0 aliphatic carbocycles. The summed E-state index contributed by atoms with van der Waals surface area (Å²) < 4.78 is 0. The van der Waals surface area contributed by atoms with Gasteiger partial charge in [0.05, 0.1) is 0 Å². The fraction of sp³-hybridized carbons (Fsp3) is 0.750. The third-order valence-corrected chi connectivity index (χ3v) is 4.48. The van der Waals surface area contributed by atoms with Crippen molar-refractivity contribution in [1.29, 1.82) is 0 Å². The lowest BCUT2D eigenvalue weighted by Crippen LogP contribution is -2.52. The fourth-order valence-electron chi connectivity index (χ4n) is 2.98. The number of hydrogen-bond donors (Lipinski definition) is 1. The molecule has 1 saturated heterocycles. The van der Waals surface area contributed by atoms with E-state index in [2.05, 4.69) is 39.2 Å². The van der Waals surface area contributed by atoms with Gasteiger partial charge in [-0.05, 0) is 45.1 Å². The zero-order chi connectivity index (χ0) is 13.8. The van der Waals surface area contributed by atoms with Crippen LogP contribution in [0.15, 0.2) is 23.8 Å². The van der Waals surface area contributed by atoms with Gasteiger partial charge in [0.1, 0.15) is 0 Å². The smallest absolute Gasteiger partial charge is 0.0344 e. The summed E-state index contributed by atoms with van der Waals surface area (Å²) in [6, 6.07) is 0.522. The molecule has 2 N–H and O–H groups in total. The predicted molar refractivity (Wildman–Crippen MR) is 80.7 cm³/mol. The topological polar surface area (TPSA) is 29.3 Å². The van der Waals surface area contributed by atoms with Crippen LogP contribution in [-0.4, -0.2) is 29.6 Å². The Morgan fingerprint density at radius 2 is 1.89 bits per heavy atom. The van der Waals surface area contributed by atoms with Crippen molar-refractivity contribution >= 4 is 0 Å². The van der Waals surface area contributed by atoms with Gasteiger partial charge in [0.2, 0.25) is 0 Å². The van der Waals surface area contributed by atoms with Crippen LogP contribution >= 0.6 is 0 Å². The summed E-state index contributed by atoms with van der Waals surface area (Å²) in [5.41, 5.74) is 9.24. The SMILES string of the molecule is C=CC(=C(C)C)C(CC)N1CCC(N)(CC)CC1. The lowest BCUT2D eigenvalue weighted by molar-refractivity contribution is 0.128. The van der Waals surface area contributed by atoms with Gasteiger partial charge in [0.25, 0.3) is 0 Å². The third-order valence-electron chi connectivity index (χ3n) is 4.48. The van der Waals surface area contributed by atoms with Gasteiger partial charge in [-0.3, -0.25) is 4.90 Å². The third kappa shape index (κ3) is 3.46. The minimum absolute atomic E-state index is 0.0775. The first-order valence-corrected chi connectivity index (χ1v) is 7.30. The molecular formula is C16H30N2. The highest BCUT2D eigenvalue weighted by molar-refractivity contribution is 5.27. The van der Waals surface area contributed by atoms with E-state index in [0.29, 0.717) is 6.04 Å². The molecule has 1 atom stereocenters. The van der Waals surface area contributed by atoms with E-state index < -0.39 is 0 Å². The van der Waals surface area contributed by atoms with Gasteiger partial charge < -0.3 is 5.73 Å². The van der Waals surface area contributed by atoms with Crippen molar-refractivity contribution in [2.24, 2.45) is 5.73 Å². The van der Waals surface area contributed by atoms with E-state index in [1.807, 2.05) is 6.08 Å². The first-order valence-electron chi connectivity index (χ1n) is 7.30. The van der Waals surface area contributed by atoms with E-state index in [0.717, 1.165) is 38.8 Å². The van der Waals surface area contributed by atoms with Crippen LogP contribution in [0.25, 0.3) is 0 Å². The fourth-order valence-corrected chi connectivity index (χ4v) is 2.98. The summed E-state index contributed by atoms with van der Waals surface area (Å²) in [7, 11) is 0. The van der Waals surface area contributed by atoms with Gasteiger partial charge in [0.15, 0.2) is 0 Å². The van der Waals surface area contributed by atoms with Gasteiger partial charge >= 0.3 is 0 Å². The number of likely N-dealkylation sites (tertiary alicyclic amines) is 1. The van der Waals surface area contributed by atoms with E-state index in [-0.39, 0.29) is 5.54 Å². The maximum absolute atomic E-state index is 6.37. The standard InChI is InChI=1S/C16H30N2/c1-6-14(13(4)5)15(7-2)18-11-9-16(17,8-3)10-12-18/h6,15H,1,7-12,17H2,2-5H3. The number of nitrogens with two attached hydrogens (primary N) is 1. The number of hydrogen-bond acceptors (Lipinski definition) is 2. The maximum atomic E-state index is 6.37. The molecule has 0 radical (unpaired) electrons. The number of nitrogens with zero attached hydrogens (tertiary/aromatic N) is 1. The highest BCUT2D eigenvalue weighted by Gasteiger charge is 2.32. The van der Waals surface area contributed by atoms with Crippen LogP contribution in [0.4, 0.5) is 0 Å². The monoisotopic (exact) mass is 250 g/mol. The van der Waals surface area contributed by atoms with Crippen molar-refractivity contribution in [3.63, 3.8) is 0 Å². The Hall–Kier alpha value is -0.600. The predicted octanol–water partition coefficient (Wildman–Crippen LogP) is 3.49. The molecule has 0 spiro atoms. The maximum Gasteiger partial charge on any atom is 0.0344 e. The van der Waals surface area contributed by atoms with E-state index in [4.69, 9.17) is 5.73 Å². The van der Waals surface area contributed by atoms with E-state index in [9.17, 15) is 0 Å². The van der Waals surface area contributed by atoms with Gasteiger partial charge in [-0.1, -0.05) is 32.1 Å².